The van der Waals surface area contributed by atoms with Gasteiger partial charge in [-0.15, -0.1) is 0 Å². The summed E-state index contributed by atoms with van der Waals surface area (Å²) in [5.74, 6) is 2.84. The molecule has 3 unspecified atom stereocenters. The third-order valence-electron chi connectivity index (χ3n) is 3.81. The number of carbonyl (C=O) groups is 1. The maximum atomic E-state index is 11.1. The van der Waals surface area contributed by atoms with Crippen LogP contribution in [0.5, 0.6) is 0 Å². The van der Waals surface area contributed by atoms with Gasteiger partial charge in [0.1, 0.15) is 0 Å². The lowest BCUT2D eigenvalue weighted by atomic mass is 9.87. The summed E-state index contributed by atoms with van der Waals surface area (Å²) in [7, 11) is 0. The van der Waals surface area contributed by atoms with Gasteiger partial charge < -0.3 is 0 Å². The second-order valence-corrected chi connectivity index (χ2v) is 4.74. The predicted molar refractivity (Wildman–Crippen MR) is 53.4 cm³/mol. The Balaban J connectivity index is 2.03. The molecule has 0 aliphatic heterocycles. The van der Waals surface area contributed by atoms with Crippen LogP contribution in [0.2, 0.25) is 0 Å². The van der Waals surface area contributed by atoms with Gasteiger partial charge >= 0.3 is 0 Å². The fraction of sp³-hybridized carbons (Fsp3) is 0.750. The van der Waals surface area contributed by atoms with Crippen LogP contribution in [-0.4, -0.2) is 5.78 Å². The van der Waals surface area contributed by atoms with E-state index in [1.54, 1.807) is 6.92 Å². The highest BCUT2D eigenvalue weighted by Crippen LogP contribution is 2.49. The van der Waals surface area contributed by atoms with Gasteiger partial charge in [0, 0.05) is 0 Å². The van der Waals surface area contributed by atoms with Crippen molar-refractivity contribution in [3.63, 3.8) is 0 Å². The molecular formula is C12H18O. The molecule has 2 bridgehead atoms. The van der Waals surface area contributed by atoms with Crippen molar-refractivity contribution in [1.82, 2.24) is 0 Å². The van der Waals surface area contributed by atoms with E-state index in [0.717, 1.165) is 23.3 Å². The molecule has 0 radical (unpaired) electrons. The molecule has 2 rings (SSSR count). The third kappa shape index (κ3) is 1.70. The largest absolute Gasteiger partial charge is 0.295 e. The van der Waals surface area contributed by atoms with Crippen molar-refractivity contribution in [3.8, 4) is 0 Å². The Morgan fingerprint density at radius 1 is 1.23 bits per heavy atom. The van der Waals surface area contributed by atoms with Crippen molar-refractivity contribution in [2.75, 3.05) is 0 Å². The summed E-state index contributed by atoms with van der Waals surface area (Å²) in [4.78, 5) is 11.1. The molecule has 1 heteroatoms. The zero-order valence-electron chi connectivity index (χ0n) is 8.55. The van der Waals surface area contributed by atoms with Gasteiger partial charge in [0.25, 0.3) is 0 Å². The monoisotopic (exact) mass is 178 g/mol. The zero-order valence-corrected chi connectivity index (χ0v) is 8.55. The highest BCUT2D eigenvalue weighted by molar-refractivity contribution is 5.92. The molecule has 1 nitrogen and oxygen atoms in total. The molecule has 72 valence electrons. The van der Waals surface area contributed by atoms with Gasteiger partial charge in [-0.2, -0.15) is 0 Å². The van der Waals surface area contributed by atoms with Crippen LogP contribution < -0.4 is 0 Å². The summed E-state index contributed by atoms with van der Waals surface area (Å²) in [5.41, 5.74) is 0.970. The molecule has 2 aliphatic rings. The molecule has 3 atom stereocenters. The van der Waals surface area contributed by atoms with Gasteiger partial charge in [0.05, 0.1) is 0 Å². The molecule has 0 spiro atoms. The van der Waals surface area contributed by atoms with Gasteiger partial charge in [-0.05, 0) is 56.4 Å². The first-order valence-electron chi connectivity index (χ1n) is 5.36. The fourth-order valence-electron chi connectivity index (χ4n) is 2.94. The molecule has 0 saturated heterocycles. The Labute approximate surface area is 80.2 Å². The van der Waals surface area contributed by atoms with E-state index in [1.165, 1.54) is 25.7 Å². The van der Waals surface area contributed by atoms with E-state index >= 15 is 0 Å². The Hall–Kier alpha value is -0.590. The number of carbonyl (C=O) groups excluding carboxylic acids is 1. The number of Topliss-reactive ketones (excluding diaryl/α,β-unsaturated/α-hetero) is 1. The minimum absolute atomic E-state index is 0.239. The van der Waals surface area contributed by atoms with Crippen molar-refractivity contribution in [3.05, 3.63) is 11.6 Å². The normalized spacial score (nSPS) is 38.3. The van der Waals surface area contributed by atoms with Gasteiger partial charge in [0.15, 0.2) is 5.78 Å². The van der Waals surface area contributed by atoms with Crippen LogP contribution in [0.15, 0.2) is 11.6 Å². The summed E-state index contributed by atoms with van der Waals surface area (Å²) in [6, 6.07) is 0. The van der Waals surface area contributed by atoms with E-state index in [1.807, 2.05) is 6.92 Å². The molecule has 2 fully saturated rings. The molecule has 13 heavy (non-hydrogen) atoms. The third-order valence-corrected chi connectivity index (χ3v) is 3.81. The molecule has 0 aromatic carbocycles. The topological polar surface area (TPSA) is 17.1 Å². The number of hydrogen-bond donors (Lipinski definition) is 0. The van der Waals surface area contributed by atoms with E-state index < -0.39 is 0 Å². The molecule has 2 saturated carbocycles. The lowest BCUT2D eigenvalue weighted by molar-refractivity contribution is -0.113. The van der Waals surface area contributed by atoms with Crippen LogP contribution in [-0.2, 0) is 4.79 Å². The summed E-state index contributed by atoms with van der Waals surface area (Å²) in [5, 5.41) is 0. The first-order valence-corrected chi connectivity index (χ1v) is 5.36. The summed E-state index contributed by atoms with van der Waals surface area (Å²) < 4.78 is 0. The standard InChI is InChI=1S/C12H18O/c1-8(9(2)13)5-12-7-10-3-4-11(12)6-10/h5,10-12H,3-4,6-7H2,1-2H3/b8-5+. The molecular weight excluding hydrogens is 160 g/mol. The Kier molecular flexibility index (Phi) is 2.27. The predicted octanol–water partition coefficient (Wildman–Crippen LogP) is 2.96. The minimum Gasteiger partial charge on any atom is -0.295 e. The van der Waals surface area contributed by atoms with Crippen molar-refractivity contribution in [2.45, 2.75) is 39.5 Å². The SMILES string of the molecule is CC(=O)/C(C)=C/C1CC2CCC1C2. The number of hydrogen-bond acceptors (Lipinski definition) is 1. The first kappa shape index (κ1) is 8.98. The molecule has 0 heterocycles. The summed E-state index contributed by atoms with van der Waals surface area (Å²) in [6.07, 6.45) is 7.83. The quantitative estimate of drug-likeness (QED) is 0.594. The maximum Gasteiger partial charge on any atom is 0.155 e. The lowest BCUT2D eigenvalue weighted by Crippen LogP contribution is -2.09. The highest BCUT2D eigenvalue weighted by Gasteiger charge is 2.38. The summed E-state index contributed by atoms with van der Waals surface area (Å²) in [6.45, 7) is 3.62. The van der Waals surface area contributed by atoms with E-state index in [-0.39, 0.29) is 5.78 Å². The van der Waals surface area contributed by atoms with E-state index in [0.29, 0.717) is 0 Å². The maximum absolute atomic E-state index is 11.1. The second-order valence-electron chi connectivity index (χ2n) is 4.74. The Morgan fingerprint density at radius 3 is 2.46 bits per heavy atom. The van der Waals surface area contributed by atoms with Crippen LogP contribution in [0, 0.1) is 17.8 Å². The van der Waals surface area contributed by atoms with Crippen molar-refractivity contribution >= 4 is 5.78 Å². The van der Waals surface area contributed by atoms with Gasteiger partial charge in [-0.25, -0.2) is 0 Å². The van der Waals surface area contributed by atoms with Gasteiger partial charge in [0.2, 0.25) is 0 Å². The van der Waals surface area contributed by atoms with E-state index in [2.05, 4.69) is 6.08 Å². The second kappa shape index (κ2) is 3.28. The number of ketones is 1. The average Bonchev–Trinajstić information content (AvgIpc) is 2.64. The molecule has 0 amide bonds. The Bertz CT molecular complexity index is 252. The molecule has 0 N–H and O–H groups in total. The summed E-state index contributed by atoms with van der Waals surface area (Å²) >= 11 is 0. The van der Waals surface area contributed by atoms with Crippen molar-refractivity contribution in [2.24, 2.45) is 17.8 Å². The molecule has 2 aliphatic carbocycles. The fourth-order valence-corrected chi connectivity index (χ4v) is 2.94. The number of fused-ring (bicyclic) bond motifs is 2. The highest BCUT2D eigenvalue weighted by atomic mass is 16.1. The van der Waals surface area contributed by atoms with Crippen LogP contribution in [0.1, 0.15) is 39.5 Å². The Morgan fingerprint density at radius 2 is 2.00 bits per heavy atom. The van der Waals surface area contributed by atoms with Crippen molar-refractivity contribution < 1.29 is 4.79 Å². The van der Waals surface area contributed by atoms with Crippen LogP contribution in [0.3, 0.4) is 0 Å². The minimum atomic E-state index is 0.239. The van der Waals surface area contributed by atoms with Gasteiger partial charge in [-0.3, -0.25) is 4.79 Å². The van der Waals surface area contributed by atoms with Crippen LogP contribution >= 0.6 is 0 Å². The van der Waals surface area contributed by atoms with Gasteiger partial charge in [-0.1, -0.05) is 12.5 Å². The lowest BCUT2D eigenvalue weighted by Gasteiger charge is -2.18. The van der Waals surface area contributed by atoms with E-state index in [4.69, 9.17) is 0 Å². The van der Waals surface area contributed by atoms with Crippen LogP contribution in [0.25, 0.3) is 0 Å². The molecule has 0 aromatic rings. The smallest absolute Gasteiger partial charge is 0.155 e. The number of rotatable bonds is 2. The van der Waals surface area contributed by atoms with Crippen molar-refractivity contribution in [1.29, 1.82) is 0 Å². The first-order chi connectivity index (χ1) is 6.16. The zero-order chi connectivity index (χ0) is 9.42. The number of allylic oxidation sites excluding steroid dienone is 2. The average molecular weight is 178 g/mol. The van der Waals surface area contributed by atoms with E-state index in [9.17, 15) is 4.79 Å². The molecule has 0 aromatic heterocycles. The van der Waals surface area contributed by atoms with Crippen LogP contribution in [0.4, 0.5) is 0 Å².